The van der Waals surface area contributed by atoms with Gasteiger partial charge in [0.25, 0.3) is 5.56 Å². The first-order valence-corrected chi connectivity index (χ1v) is 8.24. The number of carbonyl (C=O) groups excluding carboxylic acids is 1. The molecule has 8 heteroatoms. The van der Waals surface area contributed by atoms with Crippen LogP contribution in [0, 0.1) is 0 Å². The second-order valence-electron chi connectivity index (χ2n) is 5.88. The third-order valence-electron chi connectivity index (χ3n) is 4.12. The molecule has 0 bridgehead atoms. The lowest BCUT2D eigenvalue weighted by molar-refractivity contribution is -0.116. The predicted molar refractivity (Wildman–Crippen MR) is 101 cm³/mol. The number of H-pyrrole nitrogens is 1. The summed E-state index contributed by atoms with van der Waals surface area (Å²) in [5, 5.41) is 7.24. The lowest BCUT2D eigenvalue weighted by Crippen LogP contribution is -2.38. The van der Waals surface area contributed by atoms with Gasteiger partial charge in [-0.1, -0.05) is 24.3 Å². The minimum atomic E-state index is -0.630. The Morgan fingerprint density at radius 1 is 1.04 bits per heavy atom. The Hall–Kier alpha value is -3.94. The van der Waals surface area contributed by atoms with Crippen molar-refractivity contribution >= 4 is 22.5 Å². The molecule has 0 aliphatic carbocycles. The number of fused-ring (bicyclic) bond motifs is 1. The fraction of sp³-hybridized carbons (Fsp3) is 0.0526. The van der Waals surface area contributed by atoms with Crippen molar-refractivity contribution in [3.05, 3.63) is 87.8 Å². The van der Waals surface area contributed by atoms with Gasteiger partial charge in [-0.2, -0.15) is 5.10 Å². The van der Waals surface area contributed by atoms with E-state index in [1.165, 1.54) is 0 Å². The van der Waals surface area contributed by atoms with E-state index in [2.05, 4.69) is 15.4 Å². The summed E-state index contributed by atoms with van der Waals surface area (Å²) in [6.45, 7) is -0.396. The summed E-state index contributed by atoms with van der Waals surface area (Å²) in [5.41, 5.74) is 0.499. The Bertz CT molecular complexity index is 1240. The van der Waals surface area contributed by atoms with E-state index >= 15 is 0 Å². The lowest BCUT2D eigenvalue weighted by Gasteiger charge is -2.11. The zero-order valence-corrected chi connectivity index (χ0v) is 14.1. The molecule has 1 amide bonds. The van der Waals surface area contributed by atoms with Gasteiger partial charge in [-0.05, 0) is 30.3 Å². The van der Waals surface area contributed by atoms with E-state index in [1.54, 1.807) is 65.6 Å². The molecule has 8 nitrogen and oxygen atoms in total. The molecule has 2 aromatic carbocycles. The monoisotopic (exact) mass is 361 g/mol. The first-order chi connectivity index (χ1) is 13.1. The molecule has 27 heavy (non-hydrogen) atoms. The number of hydrogen-bond donors (Lipinski definition) is 2. The van der Waals surface area contributed by atoms with Gasteiger partial charge >= 0.3 is 5.69 Å². The van der Waals surface area contributed by atoms with Crippen LogP contribution in [0.4, 0.5) is 5.69 Å². The SMILES string of the molecule is O=C(Cn1c(=O)[nH]c2ccccc2c1=O)Nc1ccccc1-n1cccn1. The Morgan fingerprint density at radius 2 is 1.81 bits per heavy atom. The summed E-state index contributed by atoms with van der Waals surface area (Å²) in [5.74, 6) is -0.488. The molecular formula is C19H15N5O3. The highest BCUT2D eigenvalue weighted by atomic mass is 16.2. The highest BCUT2D eigenvalue weighted by Crippen LogP contribution is 2.18. The van der Waals surface area contributed by atoms with Crippen molar-refractivity contribution in [2.45, 2.75) is 6.54 Å². The van der Waals surface area contributed by atoms with Crippen LogP contribution >= 0.6 is 0 Å². The number of aromatic amines is 1. The summed E-state index contributed by atoms with van der Waals surface area (Å²) >= 11 is 0. The van der Waals surface area contributed by atoms with Crippen LogP contribution in [-0.4, -0.2) is 25.2 Å². The number of anilines is 1. The number of hydrogen-bond acceptors (Lipinski definition) is 4. The molecule has 0 atom stereocenters. The molecule has 2 heterocycles. The molecule has 2 aromatic heterocycles. The summed E-state index contributed by atoms with van der Waals surface area (Å²) in [6.07, 6.45) is 3.39. The van der Waals surface area contributed by atoms with Crippen LogP contribution in [0.15, 0.2) is 76.6 Å². The van der Waals surface area contributed by atoms with Crippen molar-refractivity contribution in [3.63, 3.8) is 0 Å². The molecule has 2 N–H and O–H groups in total. The maximum absolute atomic E-state index is 12.5. The molecular weight excluding hydrogens is 346 g/mol. The fourth-order valence-corrected chi connectivity index (χ4v) is 2.87. The van der Waals surface area contributed by atoms with Crippen molar-refractivity contribution < 1.29 is 4.79 Å². The zero-order chi connectivity index (χ0) is 18.8. The molecule has 0 spiro atoms. The van der Waals surface area contributed by atoms with Crippen molar-refractivity contribution in [2.24, 2.45) is 0 Å². The second kappa shape index (κ2) is 6.75. The summed E-state index contributed by atoms with van der Waals surface area (Å²) in [4.78, 5) is 39.9. The van der Waals surface area contributed by atoms with Gasteiger partial charge in [-0.25, -0.2) is 9.48 Å². The van der Waals surface area contributed by atoms with Crippen LogP contribution in [0.5, 0.6) is 0 Å². The summed E-state index contributed by atoms with van der Waals surface area (Å²) in [7, 11) is 0. The van der Waals surface area contributed by atoms with E-state index in [4.69, 9.17) is 0 Å². The molecule has 4 rings (SSSR count). The van der Waals surface area contributed by atoms with Gasteiger partial charge in [0.15, 0.2) is 0 Å². The molecule has 0 fully saturated rings. The van der Waals surface area contributed by atoms with Gasteiger partial charge in [0.2, 0.25) is 5.91 Å². The number of rotatable bonds is 4. The van der Waals surface area contributed by atoms with Crippen molar-refractivity contribution in [3.8, 4) is 5.69 Å². The van der Waals surface area contributed by atoms with Crippen LogP contribution in [0.3, 0.4) is 0 Å². The number of nitrogens with one attached hydrogen (secondary N) is 2. The van der Waals surface area contributed by atoms with Crippen molar-refractivity contribution in [2.75, 3.05) is 5.32 Å². The molecule has 0 aliphatic rings. The molecule has 0 aliphatic heterocycles. The zero-order valence-electron chi connectivity index (χ0n) is 14.1. The number of nitrogens with zero attached hydrogens (tertiary/aromatic N) is 3. The predicted octanol–water partition coefficient (Wildman–Crippen LogP) is 1.51. The Labute approximate surface area is 152 Å². The molecule has 0 saturated heterocycles. The van der Waals surface area contributed by atoms with E-state index in [0.29, 0.717) is 22.3 Å². The number of amides is 1. The van der Waals surface area contributed by atoms with Crippen LogP contribution in [0.25, 0.3) is 16.6 Å². The third-order valence-corrected chi connectivity index (χ3v) is 4.12. The van der Waals surface area contributed by atoms with Crippen molar-refractivity contribution in [1.82, 2.24) is 19.3 Å². The van der Waals surface area contributed by atoms with Gasteiger partial charge in [-0.3, -0.25) is 14.2 Å². The highest BCUT2D eigenvalue weighted by molar-refractivity contribution is 5.92. The maximum atomic E-state index is 12.5. The normalized spacial score (nSPS) is 10.8. The van der Waals surface area contributed by atoms with Crippen LogP contribution < -0.4 is 16.6 Å². The summed E-state index contributed by atoms with van der Waals surface area (Å²) in [6, 6.07) is 15.6. The Kier molecular flexibility index (Phi) is 4.13. The molecule has 0 radical (unpaired) electrons. The molecule has 0 unspecified atom stereocenters. The van der Waals surface area contributed by atoms with E-state index in [9.17, 15) is 14.4 Å². The minimum absolute atomic E-state index is 0.349. The number of aromatic nitrogens is 4. The average molecular weight is 361 g/mol. The van der Waals surface area contributed by atoms with Crippen LogP contribution in [-0.2, 0) is 11.3 Å². The smallest absolute Gasteiger partial charge is 0.323 e. The molecule has 0 saturated carbocycles. The lowest BCUT2D eigenvalue weighted by atomic mass is 10.2. The standard InChI is InChI=1S/C19H15N5O3/c25-17(21-15-8-3-4-9-16(15)24-11-5-10-20-24)12-23-18(26)13-6-1-2-7-14(13)22-19(23)27/h1-11H,12H2,(H,21,25)(H,22,27). The van der Waals surface area contributed by atoms with Crippen molar-refractivity contribution in [1.29, 1.82) is 0 Å². The second-order valence-corrected chi connectivity index (χ2v) is 5.88. The van der Waals surface area contributed by atoms with E-state index < -0.39 is 23.7 Å². The van der Waals surface area contributed by atoms with Crippen LogP contribution in [0.1, 0.15) is 0 Å². The highest BCUT2D eigenvalue weighted by Gasteiger charge is 2.13. The molecule has 4 aromatic rings. The van der Waals surface area contributed by atoms with Gasteiger partial charge < -0.3 is 10.3 Å². The number of benzene rings is 2. The first-order valence-electron chi connectivity index (χ1n) is 8.24. The Balaban J connectivity index is 1.64. The maximum Gasteiger partial charge on any atom is 0.329 e. The topological polar surface area (TPSA) is 102 Å². The fourth-order valence-electron chi connectivity index (χ4n) is 2.87. The number of para-hydroxylation sites is 3. The van der Waals surface area contributed by atoms with Gasteiger partial charge in [0.1, 0.15) is 6.54 Å². The van der Waals surface area contributed by atoms with Gasteiger partial charge in [-0.15, -0.1) is 0 Å². The molecule has 134 valence electrons. The quantitative estimate of drug-likeness (QED) is 0.575. The first kappa shape index (κ1) is 16.5. The Morgan fingerprint density at radius 3 is 2.63 bits per heavy atom. The van der Waals surface area contributed by atoms with E-state index in [1.807, 2.05) is 6.07 Å². The summed E-state index contributed by atoms with van der Waals surface area (Å²) < 4.78 is 2.50. The van der Waals surface area contributed by atoms with E-state index in [-0.39, 0.29) is 0 Å². The third kappa shape index (κ3) is 3.15. The van der Waals surface area contributed by atoms with Crippen LogP contribution in [0.2, 0.25) is 0 Å². The minimum Gasteiger partial charge on any atom is -0.323 e. The largest absolute Gasteiger partial charge is 0.329 e. The number of carbonyl (C=O) groups is 1. The van der Waals surface area contributed by atoms with Gasteiger partial charge in [0, 0.05) is 12.4 Å². The van der Waals surface area contributed by atoms with E-state index in [0.717, 1.165) is 4.57 Å². The van der Waals surface area contributed by atoms with Gasteiger partial charge in [0.05, 0.1) is 22.3 Å². The average Bonchev–Trinajstić information content (AvgIpc) is 3.20.